The maximum atomic E-state index is 11.9. The number of nitrogens with zero attached hydrogens (tertiary/aromatic N) is 2. The monoisotopic (exact) mass is 320 g/mol. The van der Waals surface area contributed by atoms with Crippen LogP contribution in [0.2, 0.25) is 0 Å². The topological polar surface area (TPSA) is 58.4 Å². The van der Waals surface area contributed by atoms with E-state index in [2.05, 4.69) is 21.9 Å². The molecule has 5 nitrogen and oxygen atoms in total. The highest BCUT2D eigenvalue weighted by Gasteiger charge is 2.04. The zero-order chi connectivity index (χ0) is 16.9. The minimum absolute atomic E-state index is 0.178. The van der Waals surface area contributed by atoms with Crippen molar-refractivity contribution in [1.82, 2.24) is 9.99 Å². The summed E-state index contributed by atoms with van der Waals surface area (Å²) in [4.78, 5) is 11.9. The first-order chi connectivity index (χ1) is 11.6. The fraction of sp³-hybridized carbons (Fsp3) is 0.158. The van der Waals surface area contributed by atoms with E-state index in [0.29, 0.717) is 0 Å². The SMILES string of the molecule is Cc1ccccc1NCC(=O)N/N=C\c1cn(C)c2ccccc12. The Morgan fingerprint density at radius 2 is 1.92 bits per heavy atom. The highest BCUT2D eigenvalue weighted by atomic mass is 16.2. The molecule has 0 bridgehead atoms. The van der Waals surface area contributed by atoms with Crippen LogP contribution in [-0.4, -0.2) is 23.2 Å². The second-order valence-corrected chi connectivity index (χ2v) is 5.67. The number of nitrogens with one attached hydrogen (secondary N) is 2. The number of carbonyl (C=O) groups excluding carboxylic acids is 1. The Bertz CT molecular complexity index is 895. The zero-order valence-corrected chi connectivity index (χ0v) is 13.8. The quantitative estimate of drug-likeness (QED) is 0.561. The van der Waals surface area contributed by atoms with Gasteiger partial charge in [0.05, 0.1) is 12.8 Å². The Hall–Kier alpha value is -3.08. The predicted molar refractivity (Wildman–Crippen MR) is 98.3 cm³/mol. The number of benzene rings is 2. The Labute approximate surface area is 141 Å². The number of carbonyl (C=O) groups is 1. The van der Waals surface area contributed by atoms with Crippen LogP contribution in [-0.2, 0) is 11.8 Å². The Balaban J connectivity index is 1.59. The molecule has 0 radical (unpaired) electrons. The van der Waals surface area contributed by atoms with Crippen molar-refractivity contribution in [1.29, 1.82) is 0 Å². The third-order valence-corrected chi connectivity index (χ3v) is 3.91. The lowest BCUT2D eigenvalue weighted by Crippen LogP contribution is -2.26. The normalized spacial score (nSPS) is 11.1. The second-order valence-electron chi connectivity index (χ2n) is 5.67. The Kier molecular flexibility index (Phi) is 4.61. The Morgan fingerprint density at radius 1 is 1.17 bits per heavy atom. The van der Waals surface area contributed by atoms with Crippen LogP contribution < -0.4 is 10.7 Å². The molecule has 3 rings (SSSR count). The van der Waals surface area contributed by atoms with Gasteiger partial charge in [-0.15, -0.1) is 0 Å². The number of hydrogen-bond donors (Lipinski definition) is 2. The minimum atomic E-state index is -0.185. The molecule has 3 aromatic rings. The molecule has 5 heteroatoms. The third-order valence-electron chi connectivity index (χ3n) is 3.91. The van der Waals surface area contributed by atoms with Gasteiger partial charge in [-0.25, -0.2) is 5.43 Å². The number of aromatic nitrogens is 1. The van der Waals surface area contributed by atoms with Gasteiger partial charge in [-0.1, -0.05) is 36.4 Å². The maximum absolute atomic E-state index is 11.9. The summed E-state index contributed by atoms with van der Waals surface area (Å²) in [5.74, 6) is -0.185. The molecule has 0 spiro atoms. The third kappa shape index (κ3) is 3.46. The van der Waals surface area contributed by atoms with Gasteiger partial charge >= 0.3 is 0 Å². The summed E-state index contributed by atoms with van der Waals surface area (Å²) < 4.78 is 2.04. The molecule has 0 aliphatic rings. The molecule has 122 valence electrons. The number of amides is 1. The molecule has 0 aliphatic carbocycles. The molecule has 2 aromatic carbocycles. The number of fused-ring (bicyclic) bond motifs is 1. The van der Waals surface area contributed by atoms with Gasteiger partial charge in [0.2, 0.25) is 0 Å². The number of para-hydroxylation sites is 2. The fourth-order valence-corrected chi connectivity index (χ4v) is 2.64. The molecular formula is C19H20N4O. The van der Waals surface area contributed by atoms with Crippen LogP contribution in [0, 0.1) is 6.92 Å². The average molecular weight is 320 g/mol. The largest absolute Gasteiger partial charge is 0.376 e. The van der Waals surface area contributed by atoms with Crippen molar-refractivity contribution < 1.29 is 4.79 Å². The molecule has 2 N–H and O–H groups in total. The molecule has 1 aromatic heterocycles. The van der Waals surface area contributed by atoms with Crippen molar-refractivity contribution in [3.63, 3.8) is 0 Å². The second kappa shape index (κ2) is 7.00. The van der Waals surface area contributed by atoms with Crippen LogP contribution in [0.3, 0.4) is 0 Å². The fourth-order valence-electron chi connectivity index (χ4n) is 2.64. The van der Waals surface area contributed by atoms with Gasteiger partial charge in [0, 0.05) is 35.4 Å². The van der Waals surface area contributed by atoms with Gasteiger partial charge in [-0.05, 0) is 24.6 Å². The van der Waals surface area contributed by atoms with E-state index in [9.17, 15) is 4.79 Å². The molecule has 0 unspecified atom stereocenters. The van der Waals surface area contributed by atoms with E-state index in [1.165, 1.54) is 0 Å². The van der Waals surface area contributed by atoms with Gasteiger partial charge in [-0.2, -0.15) is 5.10 Å². The van der Waals surface area contributed by atoms with E-state index >= 15 is 0 Å². The first-order valence-corrected chi connectivity index (χ1v) is 7.80. The van der Waals surface area contributed by atoms with Gasteiger partial charge in [0.25, 0.3) is 5.91 Å². The maximum Gasteiger partial charge on any atom is 0.259 e. The average Bonchev–Trinajstić information content (AvgIpc) is 2.91. The first-order valence-electron chi connectivity index (χ1n) is 7.80. The van der Waals surface area contributed by atoms with E-state index < -0.39 is 0 Å². The molecule has 0 saturated heterocycles. The molecule has 0 atom stereocenters. The van der Waals surface area contributed by atoms with Crippen LogP contribution in [0.5, 0.6) is 0 Å². The summed E-state index contributed by atoms with van der Waals surface area (Å²) >= 11 is 0. The van der Waals surface area contributed by atoms with E-state index in [-0.39, 0.29) is 12.5 Å². The van der Waals surface area contributed by atoms with Crippen molar-refractivity contribution in [2.75, 3.05) is 11.9 Å². The molecule has 0 fully saturated rings. The van der Waals surface area contributed by atoms with Gasteiger partial charge in [0.1, 0.15) is 0 Å². The molecule has 0 saturated carbocycles. The van der Waals surface area contributed by atoms with E-state index in [0.717, 1.165) is 27.7 Å². The highest BCUT2D eigenvalue weighted by molar-refractivity contribution is 5.99. The summed E-state index contributed by atoms with van der Waals surface area (Å²) in [6.07, 6.45) is 3.67. The lowest BCUT2D eigenvalue weighted by atomic mass is 10.2. The van der Waals surface area contributed by atoms with Crippen LogP contribution in [0.4, 0.5) is 5.69 Å². The predicted octanol–water partition coefficient (Wildman–Crippen LogP) is 3.05. The van der Waals surface area contributed by atoms with Crippen molar-refractivity contribution >= 4 is 28.7 Å². The molecular weight excluding hydrogens is 300 g/mol. The van der Waals surface area contributed by atoms with Crippen molar-refractivity contribution in [2.24, 2.45) is 12.1 Å². The highest BCUT2D eigenvalue weighted by Crippen LogP contribution is 2.18. The summed E-state index contributed by atoms with van der Waals surface area (Å²) in [6.45, 7) is 2.18. The number of hydrogen-bond acceptors (Lipinski definition) is 3. The number of hydrazone groups is 1. The Morgan fingerprint density at radius 3 is 2.75 bits per heavy atom. The summed E-state index contributed by atoms with van der Waals surface area (Å²) in [6, 6.07) is 15.9. The summed E-state index contributed by atoms with van der Waals surface area (Å²) in [5.41, 5.74) is 6.71. The lowest BCUT2D eigenvalue weighted by molar-refractivity contribution is -0.119. The number of rotatable bonds is 5. The lowest BCUT2D eigenvalue weighted by Gasteiger charge is -2.07. The summed E-state index contributed by atoms with van der Waals surface area (Å²) in [7, 11) is 1.99. The van der Waals surface area contributed by atoms with E-state index in [4.69, 9.17) is 0 Å². The molecule has 0 aliphatic heterocycles. The van der Waals surface area contributed by atoms with Gasteiger partial charge < -0.3 is 9.88 Å². The number of aryl methyl sites for hydroxylation is 2. The minimum Gasteiger partial charge on any atom is -0.376 e. The molecule has 1 amide bonds. The van der Waals surface area contributed by atoms with Crippen LogP contribution in [0.25, 0.3) is 10.9 Å². The van der Waals surface area contributed by atoms with Crippen LogP contribution in [0.1, 0.15) is 11.1 Å². The van der Waals surface area contributed by atoms with Crippen molar-refractivity contribution in [3.8, 4) is 0 Å². The molecule has 24 heavy (non-hydrogen) atoms. The van der Waals surface area contributed by atoms with E-state index in [1.54, 1.807) is 6.21 Å². The van der Waals surface area contributed by atoms with Crippen molar-refractivity contribution in [2.45, 2.75) is 6.92 Å². The smallest absolute Gasteiger partial charge is 0.259 e. The van der Waals surface area contributed by atoms with Gasteiger partial charge in [-0.3, -0.25) is 4.79 Å². The van der Waals surface area contributed by atoms with E-state index in [1.807, 2.05) is 67.2 Å². The standard InChI is InChI=1S/C19H20N4O/c1-14-7-3-5-9-17(14)20-12-19(24)22-21-11-15-13-23(2)18-10-6-4-8-16(15)18/h3-11,13,20H,12H2,1-2H3,(H,22,24)/b21-11-. The number of anilines is 1. The van der Waals surface area contributed by atoms with Gasteiger partial charge in [0.15, 0.2) is 0 Å². The molecule has 1 heterocycles. The summed E-state index contributed by atoms with van der Waals surface area (Å²) in [5, 5.41) is 8.27. The zero-order valence-electron chi connectivity index (χ0n) is 13.8. The van der Waals surface area contributed by atoms with Crippen LogP contribution >= 0.6 is 0 Å². The first kappa shape index (κ1) is 15.8. The van der Waals surface area contributed by atoms with Crippen molar-refractivity contribution in [3.05, 3.63) is 65.9 Å². The van der Waals surface area contributed by atoms with Crippen LogP contribution in [0.15, 0.2) is 59.8 Å².